The summed E-state index contributed by atoms with van der Waals surface area (Å²) < 4.78 is 1.65. The van der Waals surface area contributed by atoms with Gasteiger partial charge in [0.05, 0.1) is 10.6 Å². The third-order valence-electron chi connectivity index (χ3n) is 4.26. The van der Waals surface area contributed by atoms with Crippen LogP contribution in [0.1, 0.15) is 24.3 Å². The van der Waals surface area contributed by atoms with Gasteiger partial charge in [0, 0.05) is 17.1 Å². The fraction of sp³-hybridized carbons (Fsp3) is 0.316. The highest BCUT2D eigenvalue weighted by Gasteiger charge is 2.21. The summed E-state index contributed by atoms with van der Waals surface area (Å²) >= 11 is 2.84. The molecular formula is C19H21N3O2S2. The molecule has 0 aliphatic heterocycles. The molecule has 7 heteroatoms. The number of benzene rings is 1. The summed E-state index contributed by atoms with van der Waals surface area (Å²) in [6, 6.07) is 9.34. The molecule has 1 N–H and O–H groups in total. The zero-order chi connectivity index (χ0) is 18.8. The highest BCUT2D eigenvalue weighted by molar-refractivity contribution is 8.00. The van der Waals surface area contributed by atoms with E-state index in [9.17, 15) is 9.59 Å². The van der Waals surface area contributed by atoms with Crippen LogP contribution < -0.4 is 10.9 Å². The maximum Gasteiger partial charge on any atom is 0.263 e. The SMILES string of the molecule is CCn1c(S[C@@H](C)C(=O)Nc2ccccc2)nc2sc(C)c(C)c2c1=O. The predicted octanol–water partition coefficient (Wildman–Crippen LogP) is 4.21. The largest absolute Gasteiger partial charge is 0.325 e. The zero-order valence-electron chi connectivity index (χ0n) is 15.2. The van der Waals surface area contributed by atoms with Crippen molar-refractivity contribution in [2.24, 2.45) is 0 Å². The molecule has 5 nitrogen and oxygen atoms in total. The first-order valence-corrected chi connectivity index (χ1v) is 10.1. The van der Waals surface area contributed by atoms with Crippen molar-refractivity contribution in [1.82, 2.24) is 9.55 Å². The van der Waals surface area contributed by atoms with Gasteiger partial charge in [-0.2, -0.15) is 0 Å². The van der Waals surface area contributed by atoms with E-state index in [1.54, 1.807) is 4.57 Å². The van der Waals surface area contributed by atoms with E-state index in [1.165, 1.54) is 23.1 Å². The van der Waals surface area contributed by atoms with E-state index in [2.05, 4.69) is 10.3 Å². The van der Waals surface area contributed by atoms with Gasteiger partial charge in [-0.05, 0) is 45.4 Å². The average molecular weight is 388 g/mol. The van der Waals surface area contributed by atoms with E-state index in [-0.39, 0.29) is 16.7 Å². The third-order valence-corrected chi connectivity index (χ3v) is 6.45. The van der Waals surface area contributed by atoms with Crippen molar-refractivity contribution < 1.29 is 4.79 Å². The first-order valence-electron chi connectivity index (χ1n) is 8.45. The summed E-state index contributed by atoms with van der Waals surface area (Å²) in [7, 11) is 0. The van der Waals surface area contributed by atoms with E-state index < -0.39 is 0 Å². The molecule has 0 bridgehead atoms. The van der Waals surface area contributed by atoms with Crippen LogP contribution in [0.2, 0.25) is 0 Å². The number of rotatable bonds is 5. The lowest BCUT2D eigenvalue weighted by Gasteiger charge is -2.14. The Morgan fingerprint density at radius 3 is 2.65 bits per heavy atom. The molecule has 1 amide bonds. The Labute approximate surface area is 160 Å². The molecular weight excluding hydrogens is 366 g/mol. The summed E-state index contributed by atoms with van der Waals surface area (Å²) in [6.07, 6.45) is 0. The number of fused-ring (bicyclic) bond motifs is 1. The fourth-order valence-electron chi connectivity index (χ4n) is 2.65. The normalized spacial score (nSPS) is 12.3. The van der Waals surface area contributed by atoms with Gasteiger partial charge in [-0.15, -0.1) is 11.3 Å². The fourth-order valence-corrected chi connectivity index (χ4v) is 4.70. The van der Waals surface area contributed by atoms with Crippen LogP contribution in [-0.2, 0) is 11.3 Å². The number of carbonyl (C=O) groups is 1. The number of nitrogens with one attached hydrogen (secondary N) is 1. The quantitative estimate of drug-likeness (QED) is 0.526. The van der Waals surface area contributed by atoms with Crippen molar-refractivity contribution in [2.75, 3.05) is 5.32 Å². The van der Waals surface area contributed by atoms with Gasteiger partial charge < -0.3 is 5.32 Å². The minimum atomic E-state index is -0.375. The monoisotopic (exact) mass is 387 g/mol. The number of carbonyl (C=O) groups excluding carboxylic acids is 1. The zero-order valence-corrected chi connectivity index (χ0v) is 16.8. The summed E-state index contributed by atoms with van der Waals surface area (Å²) in [5.41, 5.74) is 1.72. The molecule has 0 saturated carbocycles. The highest BCUT2D eigenvalue weighted by Crippen LogP contribution is 2.29. The molecule has 136 valence electrons. The number of aryl methyl sites for hydroxylation is 2. The number of amides is 1. The summed E-state index contributed by atoms with van der Waals surface area (Å²) in [4.78, 5) is 31.9. The van der Waals surface area contributed by atoms with Crippen molar-refractivity contribution in [3.8, 4) is 0 Å². The summed E-state index contributed by atoms with van der Waals surface area (Å²) in [6.45, 7) is 8.22. The van der Waals surface area contributed by atoms with Crippen LogP contribution in [0.25, 0.3) is 10.2 Å². The summed E-state index contributed by atoms with van der Waals surface area (Å²) in [5, 5.41) is 3.80. The van der Waals surface area contributed by atoms with Crippen LogP contribution in [0.5, 0.6) is 0 Å². The lowest BCUT2D eigenvalue weighted by Crippen LogP contribution is -2.26. The molecule has 0 aliphatic rings. The topological polar surface area (TPSA) is 64.0 Å². The minimum absolute atomic E-state index is 0.0301. The average Bonchev–Trinajstić information content (AvgIpc) is 2.90. The van der Waals surface area contributed by atoms with Crippen LogP contribution in [-0.4, -0.2) is 20.7 Å². The number of aromatic nitrogens is 2. The van der Waals surface area contributed by atoms with Gasteiger partial charge >= 0.3 is 0 Å². The maximum absolute atomic E-state index is 12.9. The second-order valence-corrected chi connectivity index (χ2v) is 8.53. The van der Waals surface area contributed by atoms with Crippen molar-refractivity contribution >= 4 is 44.9 Å². The molecule has 1 atom stereocenters. The number of thiophene rings is 1. The van der Waals surface area contributed by atoms with E-state index in [0.29, 0.717) is 17.1 Å². The van der Waals surface area contributed by atoms with Crippen LogP contribution in [0.15, 0.2) is 40.3 Å². The molecule has 0 aliphatic carbocycles. The minimum Gasteiger partial charge on any atom is -0.325 e. The van der Waals surface area contributed by atoms with Gasteiger partial charge in [-0.25, -0.2) is 4.98 Å². The Bertz CT molecular complexity index is 1010. The van der Waals surface area contributed by atoms with E-state index in [0.717, 1.165) is 21.0 Å². The Hall–Kier alpha value is -2.12. The Morgan fingerprint density at radius 2 is 2.00 bits per heavy atom. The number of anilines is 1. The van der Waals surface area contributed by atoms with Gasteiger partial charge in [-0.1, -0.05) is 30.0 Å². The van der Waals surface area contributed by atoms with Gasteiger partial charge in [0.2, 0.25) is 5.91 Å². The molecule has 3 aromatic rings. The lowest BCUT2D eigenvalue weighted by molar-refractivity contribution is -0.115. The lowest BCUT2D eigenvalue weighted by atomic mass is 10.2. The van der Waals surface area contributed by atoms with E-state index in [1.807, 2.05) is 58.0 Å². The van der Waals surface area contributed by atoms with Crippen molar-refractivity contribution in [3.05, 3.63) is 51.1 Å². The van der Waals surface area contributed by atoms with Crippen LogP contribution >= 0.6 is 23.1 Å². The standard InChI is InChI=1S/C19H21N3O2S2/c1-5-22-18(24)15-11(2)12(3)25-17(15)21-19(22)26-13(4)16(23)20-14-9-7-6-8-10-14/h6-10,13H,5H2,1-4H3,(H,20,23)/t13-/m0/s1. The van der Waals surface area contributed by atoms with Crippen molar-refractivity contribution in [3.63, 3.8) is 0 Å². The maximum atomic E-state index is 12.9. The predicted molar refractivity (Wildman–Crippen MR) is 109 cm³/mol. The Kier molecular flexibility index (Phi) is 5.48. The second-order valence-electron chi connectivity index (χ2n) is 6.02. The van der Waals surface area contributed by atoms with Crippen LogP contribution in [0.4, 0.5) is 5.69 Å². The molecule has 0 saturated heterocycles. The van der Waals surface area contributed by atoms with Gasteiger partial charge in [0.15, 0.2) is 5.16 Å². The molecule has 0 fully saturated rings. The molecule has 26 heavy (non-hydrogen) atoms. The molecule has 3 rings (SSSR count). The molecule has 0 unspecified atom stereocenters. The van der Waals surface area contributed by atoms with E-state index >= 15 is 0 Å². The smallest absolute Gasteiger partial charge is 0.263 e. The second kappa shape index (κ2) is 7.63. The number of nitrogens with zero attached hydrogens (tertiary/aromatic N) is 2. The van der Waals surface area contributed by atoms with Crippen LogP contribution in [0.3, 0.4) is 0 Å². The molecule has 1 aromatic carbocycles. The molecule has 2 aromatic heterocycles. The third kappa shape index (κ3) is 3.54. The molecule has 0 spiro atoms. The Morgan fingerprint density at radius 1 is 1.31 bits per heavy atom. The first-order chi connectivity index (χ1) is 12.4. The first kappa shape index (κ1) is 18.7. The van der Waals surface area contributed by atoms with Gasteiger partial charge in [0.1, 0.15) is 4.83 Å². The number of hydrogen-bond acceptors (Lipinski definition) is 5. The van der Waals surface area contributed by atoms with Gasteiger partial charge in [-0.3, -0.25) is 14.2 Å². The van der Waals surface area contributed by atoms with Gasteiger partial charge in [0.25, 0.3) is 5.56 Å². The Balaban J connectivity index is 1.90. The van der Waals surface area contributed by atoms with E-state index in [4.69, 9.17) is 0 Å². The number of hydrogen-bond donors (Lipinski definition) is 1. The van der Waals surface area contributed by atoms with Crippen molar-refractivity contribution in [1.29, 1.82) is 0 Å². The summed E-state index contributed by atoms with van der Waals surface area (Å²) in [5.74, 6) is -0.114. The number of thioether (sulfide) groups is 1. The number of para-hydroxylation sites is 1. The molecule has 2 heterocycles. The highest BCUT2D eigenvalue weighted by atomic mass is 32.2. The molecule has 0 radical (unpaired) electrons. The van der Waals surface area contributed by atoms with Crippen molar-refractivity contribution in [2.45, 2.75) is 44.6 Å². The van der Waals surface area contributed by atoms with Crippen LogP contribution in [0, 0.1) is 13.8 Å².